The van der Waals surface area contributed by atoms with Gasteiger partial charge in [-0.2, -0.15) is 10.1 Å². The summed E-state index contributed by atoms with van der Waals surface area (Å²) in [4.78, 5) is 30.1. The van der Waals surface area contributed by atoms with Gasteiger partial charge >= 0.3 is 0 Å². The molecule has 0 unspecified atom stereocenters. The fraction of sp³-hybridized carbons (Fsp3) is 0. The number of carbonyl (C=O) groups is 1. The molecule has 0 saturated carbocycles. The van der Waals surface area contributed by atoms with Crippen molar-refractivity contribution in [1.29, 1.82) is 0 Å². The second-order valence-corrected chi connectivity index (χ2v) is 3.88. The first-order chi connectivity index (χ1) is 9.24. The molecule has 19 heavy (non-hydrogen) atoms. The summed E-state index contributed by atoms with van der Waals surface area (Å²) in [6, 6.07) is 8.35. The minimum absolute atomic E-state index is 0.231. The number of aromatic nitrogens is 4. The smallest absolute Gasteiger partial charge is 0.258 e. The van der Waals surface area contributed by atoms with Gasteiger partial charge in [-0.15, -0.1) is 0 Å². The van der Waals surface area contributed by atoms with Gasteiger partial charge in [0.05, 0.1) is 5.56 Å². The van der Waals surface area contributed by atoms with Crippen molar-refractivity contribution < 1.29 is 4.79 Å². The fourth-order valence-electron chi connectivity index (χ4n) is 1.83. The predicted molar refractivity (Wildman–Crippen MR) is 68.9 cm³/mol. The maximum absolute atomic E-state index is 12.1. The normalized spacial score (nSPS) is 10.5. The first-order valence-corrected chi connectivity index (χ1v) is 5.53. The van der Waals surface area contributed by atoms with E-state index in [4.69, 9.17) is 0 Å². The predicted octanol–water partition coefficient (Wildman–Crippen LogP) is 0.898. The summed E-state index contributed by atoms with van der Waals surface area (Å²) in [5.74, 6) is -0.187. The third-order valence-electron chi connectivity index (χ3n) is 2.64. The van der Waals surface area contributed by atoms with Gasteiger partial charge in [0.15, 0.2) is 0 Å². The van der Waals surface area contributed by atoms with Crippen LogP contribution in [0.1, 0.15) is 10.4 Å². The lowest BCUT2D eigenvalue weighted by Crippen LogP contribution is -2.17. The van der Waals surface area contributed by atoms with Crippen molar-refractivity contribution >= 4 is 22.8 Å². The Morgan fingerprint density at radius 3 is 2.89 bits per heavy atom. The zero-order valence-corrected chi connectivity index (χ0v) is 9.68. The maximum Gasteiger partial charge on any atom is 0.258 e. The highest BCUT2D eigenvalue weighted by molar-refractivity contribution is 6.11. The van der Waals surface area contributed by atoms with Crippen LogP contribution >= 0.6 is 0 Å². The van der Waals surface area contributed by atoms with E-state index >= 15 is 0 Å². The van der Waals surface area contributed by atoms with Crippen LogP contribution in [0.2, 0.25) is 0 Å². The van der Waals surface area contributed by atoms with E-state index in [0.717, 1.165) is 0 Å². The number of rotatable bonds is 2. The van der Waals surface area contributed by atoms with Crippen LogP contribution in [0.25, 0.3) is 10.9 Å². The number of benzene rings is 1. The molecule has 1 amide bonds. The molecule has 0 aliphatic rings. The molecule has 3 N–H and O–H groups in total. The zero-order valence-electron chi connectivity index (χ0n) is 9.68. The molecule has 94 valence electrons. The second-order valence-electron chi connectivity index (χ2n) is 3.88. The first kappa shape index (κ1) is 11.1. The maximum atomic E-state index is 12.1. The number of amides is 1. The first-order valence-electron chi connectivity index (χ1n) is 5.53. The monoisotopic (exact) mass is 255 g/mol. The number of pyridine rings is 1. The Balaban J connectivity index is 2.09. The van der Waals surface area contributed by atoms with E-state index in [1.807, 2.05) is 0 Å². The van der Waals surface area contributed by atoms with Crippen LogP contribution in [0.4, 0.5) is 5.95 Å². The molecule has 0 bridgehead atoms. The van der Waals surface area contributed by atoms with Gasteiger partial charge in [0.1, 0.15) is 6.33 Å². The lowest BCUT2D eigenvalue weighted by atomic mass is 10.1. The molecule has 2 aromatic heterocycles. The summed E-state index contributed by atoms with van der Waals surface area (Å²) in [7, 11) is 0. The molecule has 0 fully saturated rings. The molecular weight excluding hydrogens is 246 g/mol. The summed E-state index contributed by atoms with van der Waals surface area (Å²) in [6.45, 7) is 0. The van der Waals surface area contributed by atoms with Crippen molar-refractivity contribution in [3.8, 4) is 0 Å². The van der Waals surface area contributed by atoms with Gasteiger partial charge in [-0.1, -0.05) is 18.2 Å². The molecule has 0 radical (unpaired) electrons. The minimum atomic E-state index is -0.418. The van der Waals surface area contributed by atoms with Gasteiger partial charge < -0.3 is 4.98 Å². The van der Waals surface area contributed by atoms with Crippen LogP contribution in [0, 0.1) is 0 Å². The van der Waals surface area contributed by atoms with E-state index in [0.29, 0.717) is 10.9 Å². The van der Waals surface area contributed by atoms with Crippen LogP contribution in [0.3, 0.4) is 0 Å². The molecule has 1 aromatic carbocycles. The fourth-order valence-corrected chi connectivity index (χ4v) is 1.83. The average molecular weight is 255 g/mol. The molecule has 7 heteroatoms. The highest BCUT2D eigenvalue weighted by Gasteiger charge is 2.12. The Labute approximate surface area is 106 Å². The number of nitrogens with zero attached hydrogens (tertiary/aromatic N) is 2. The van der Waals surface area contributed by atoms with Crippen molar-refractivity contribution in [3.05, 3.63) is 52.6 Å². The Morgan fingerprint density at radius 2 is 2.11 bits per heavy atom. The van der Waals surface area contributed by atoms with E-state index in [-0.39, 0.29) is 17.1 Å². The number of para-hydroxylation sites is 1. The van der Waals surface area contributed by atoms with Crippen LogP contribution < -0.4 is 10.9 Å². The van der Waals surface area contributed by atoms with Gasteiger partial charge in [0, 0.05) is 17.0 Å². The van der Waals surface area contributed by atoms with E-state index in [1.54, 1.807) is 24.3 Å². The van der Waals surface area contributed by atoms with E-state index in [1.165, 1.54) is 12.4 Å². The van der Waals surface area contributed by atoms with Gasteiger partial charge in [-0.3, -0.25) is 14.9 Å². The number of anilines is 1. The Hall–Kier alpha value is -2.96. The van der Waals surface area contributed by atoms with Gasteiger partial charge in [0.2, 0.25) is 11.5 Å². The number of carbonyl (C=O) groups excluding carboxylic acids is 1. The van der Waals surface area contributed by atoms with E-state index < -0.39 is 5.91 Å². The number of aromatic amines is 2. The lowest BCUT2D eigenvalue weighted by Gasteiger charge is -2.05. The molecule has 0 atom stereocenters. The summed E-state index contributed by atoms with van der Waals surface area (Å²) in [5.41, 5.74) is 0.565. The summed E-state index contributed by atoms with van der Waals surface area (Å²) < 4.78 is 0. The molecule has 2 heterocycles. The molecule has 0 aliphatic carbocycles. The average Bonchev–Trinajstić information content (AvgIpc) is 2.90. The minimum Gasteiger partial charge on any atom is -0.322 e. The Morgan fingerprint density at radius 1 is 1.26 bits per heavy atom. The summed E-state index contributed by atoms with van der Waals surface area (Å²) >= 11 is 0. The van der Waals surface area contributed by atoms with Crippen LogP contribution in [-0.4, -0.2) is 26.1 Å². The highest BCUT2D eigenvalue weighted by Crippen LogP contribution is 2.15. The third-order valence-corrected chi connectivity index (χ3v) is 2.64. The SMILES string of the molecule is O=C(Nc1ncn[nH]1)c1cc(=O)[nH]c2ccccc12. The van der Waals surface area contributed by atoms with Gasteiger partial charge in [0.25, 0.3) is 5.91 Å². The van der Waals surface area contributed by atoms with Crippen molar-refractivity contribution in [2.45, 2.75) is 0 Å². The Kier molecular flexibility index (Phi) is 2.57. The molecule has 3 rings (SSSR count). The number of H-pyrrole nitrogens is 2. The topological polar surface area (TPSA) is 104 Å². The van der Waals surface area contributed by atoms with Gasteiger partial charge in [-0.25, -0.2) is 5.10 Å². The van der Waals surface area contributed by atoms with Crippen LogP contribution in [0.5, 0.6) is 0 Å². The van der Waals surface area contributed by atoms with Crippen LogP contribution in [0.15, 0.2) is 41.5 Å². The quantitative estimate of drug-likeness (QED) is 0.632. The van der Waals surface area contributed by atoms with Crippen LogP contribution in [-0.2, 0) is 0 Å². The largest absolute Gasteiger partial charge is 0.322 e. The second kappa shape index (κ2) is 4.37. The van der Waals surface area contributed by atoms with Crippen molar-refractivity contribution in [2.75, 3.05) is 5.32 Å². The molecular formula is C12H9N5O2. The Bertz CT molecular complexity index is 791. The molecule has 7 nitrogen and oxygen atoms in total. The van der Waals surface area contributed by atoms with E-state index in [2.05, 4.69) is 25.5 Å². The molecule has 3 aromatic rings. The number of fused-ring (bicyclic) bond motifs is 1. The van der Waals surface area contributed by atoms with Crippen molar-refractivity contribution in [1.82, 2.24) is 20.2 Å². The number of hydrogen-bond donors (Lipinski definition) is 3. The van der Waals surface area contributed by atoms with Crippen molar-refractivity contribution in [2.24, 2.45) is 0 Å². The molecule has 0 aliphatic heterocycles. The summed E-state index contributed by atoms with van der Waals surface area (Å²) in [5, 5.41) is 9.35. The third kappa shape index (κ3) is 2.08. The molecule has 0 saturated heterocycles. The zero-order chi connectivity index (χ0) is 13.2. The summed E-state index contributed by atoms with van der Waals surface area (Å²) in [6.07, 6.45) is 1.28. The number of nitrogens with one attached hydrogen (secondary N) is 3. The van der Waals surface area contributed by atoms with Crippen molar-refractivity contribution in [3.63, 3.8) is 0 Å². The molecule has 0 spiro atoms. The lowest BCUT2D eigenvalue weighted by molar-refractivity contribution is 0.102. The standard InChI is InChI=1S/C12H9N5O2/c18-10-5-8(7-3-1-2-4-9(7)15-10)11(19)16-12-13-6-14-17-12/h1-6H,(H,15,18)(H2,13,14,16,17,19). The van der Waals surface area contributed by atoms with E-state index in [9.17, 15) is 9.59 Å². The highest BCUT2D eigenvalue weighted by atomic mass is 16.2. The number of hydrogen-bond acceptors (Lipinski definition) is 4. The van der Waals surface area contributed by atoms with Gasteiger partial charge in [-0.05, 0) is 6.07 Å².